The van der Waals surface area contributed by atoms with E-state index in [1.807, 2.05) is 10.6 Å². The molecular weight excluding hydrogens is 522 g/mol. The summed E-state index contributed by atoms with van der Waals surface area (Å²) < 4.78 is 35.6. The SMILES string of the molecule is CC#CCOc1ccc(S(=O)(=O)NC(Cc2cn(Cc3cccnc3)c3ccc(C(=O)O)cc23)C(=O)O)cc1. The first-order valence-electron chi connectivity index (χ1n) is 11.8. The Bertz CT molecular complexity index is 1670. The number of nitrogens with one attached hydrogen (secondary N) is 1. The summed E-state index contributed by atoms with van der Waals surface area (Å²) in [6.45, 7) is 2.23. The van der Waals surface area contributed by atoms with Gasteiger partial charge in [0.1, 0.15) is 18.4 Å². The van der Waals surface area contributed by atoms with E-state index in [1.54, 1.807) is 37.6 Å². The van der Waals surface area contributed by atoms with Crippen molar-refractivity contribution in [3.63, 3.8) is 0 Å². The number of ether oxygens (including phenoxy) is 1. The molecule has 1 atom stereocenters. The average molecular weight is 548 g/mol. The van der Waals surface area contributed by atoms with Gasteiger partial charge in [-0.3, -0.25) is 9.78 Å². The number of pyridine rings is 1. The first-order valence-corrected chi connectivity index (χ1v) is 13.3. The number of rotatable bonds is 11. The van der Waals surface area contributed by atoms with E-state index in [-0.39, 0.29) is 23.5 Å². The van der Waals surface area contributed by atoms with Gasteiger partial charge < -0.3 is 19.5 Å². The Labute approximate surface area is 224 Å². The van der Waals surface area contributed by atoms with Crippen molar-refractivity contribution in [3.05, 3.63) is 89.9 Å². The lowest BCUT2D eigenvalue weighted by Gasteiger charge is -2.15. The third-order valence-corrected chi connectivity index (χ3v) is 7.42. The fraction of sp³-hybridized carbons (Fsp3) is 0.179. The summed E-state index contributed by atoms with van der Waals surface area (Å²) in [5.74, 6) is 3.34. The van der Waals surface area contributed by atoms with Crippen molar-refractivity contribution in [2.75, 3.05) is 6.61 Å². The second-order valence-corrected chi connectivity index (χ2v) is 10.3. The molecule has 2 aromatic carbocycles. The number of hydrogen-bond acceptors (Lipinski definition) is 6. The summed E-state index contributed by atoms with van der Waals surface area (Å²) in [6.07, 6.45) is 4.83. The number of sulfonamides is 1. The molecule has 11 heteroatoms. The van der Waals surface area contributed by atoms with E-state index in [1.165, 1.54) is 36.4 Å². The number of aliphatic carboxylic acids is 1. The fourth-order valence-corrected chi connectivity index (χ4v) is 5.24. The molecule has 0 aliphatic heterocycles. The van der Waals surface area contributed by atoms with Crippen LogP contribution in [0, 0.1) is 11.8 Å². The fourth-order valence-electron chi connectivity index (χ4n) is 4.05. The second kappa shape index (κ2) is 11.8. The minimum Gasteiger partial charge on any atom is -0.481 e. The minimum atomic E-state index is -4.21. The van der Waals surface area contributed by atoms with Crippen LogP contribution in [0.4, 0.5) is 0 Å². The zero-order valence-corrected chi connectivity index (χ0v) is 21.7. The van der Waals surface area contributed by atoms with Crippen LogP contribution in [0.2, 0.25) is 0 Å². The van der Waals surface area contributed by atoms with Crippen LogP contribution in [0.25, 0.3) is 10.9 Å². The van der Waals surface area contributed by atoms with E-state index in [0.29, 0.717) is 28.8 Å². The van der Waals surface area contributed by atoms with Gasteiger partial charge in [-0.2, -0.15) is 4.72 Å². The average Bonchev–Trinajstić information content (AvgIpc) is 3.25. The summed E-state index contributed by atoms with van der Waals surface area (Å²) >= 11 is 0. The molecule has 39 heavy (non-hydrogen) atoms. The number of hydrogen-bond donors (Lipinski definition) is 3. The molecule has 0 saturated heterocycles. The summed E-state index contributed by atoms with van der Waals surface area (Å²) in [7, 11) is -4.21. The van der Waals surface area contributed by atoms with Crippen LogP contribution in [-0.4, -0.2) is 52.8 Å². The second-order valence-electron chi connectivity index (χ2n) is 8.58. The van der Waals surface area contributed by atoms with Crippen molar-refractivity contribution >= 4 is 32.9 Å². The highest BCUT2D eigenvalue weighted by atomic mass is 32.2. The van der Waals surface area contributed by atoms with Crippen LogP contribution in [0.3, 0.4) is 0 Å². The number of aromatic nitrogens is 2. The molecular formula is C28H25N3O7S. The Morgan fingerprint density at radius 2 is 1.90 bits per heavy atom. The number of aromatic carboxylic acids is 1. The number of nitrogens with zero attached hydrogens (tertiary/aromatic N) is 2. The third kappa shape index (κ3) is 6.62. The van der Waals surface area contributed by atoms with Gasteiger partial charge in [-0.15, -0.1) is 5.92 Å². The van der Waals surface area contributed by atoms with Gasteiger partial charge in [0.05, 0.1) is 10.5 Å². The monoisotopic (exact) mass is 547 g/mol. The lowest BCUT2D eigenvalue weighted by molar-refractivity contribution is -0.138. The Balaban J connectivity index is 1.63. The lowest BCUT2D eigenvalue weighted by Crippen LogP contribution is -2.42. The summed E-state index contributed by atoms with van der Waals surface area (Å²) in [5, 5.41) is 19.9. The Morgan fingerprint density at radius 3 is 2.54 bits per heavy atom. The van der Waals surface area contributed by atoms with Crippen molar-refractivity contribution < 1.29 is 33.0 Å². The molecule has 1 unspecified atom stereocenters. The van der Waals surface area contributed by atoms with Crippen LogP contribution >= 0.6 is 0 Å². The van der Waals surface area contributed by atoms with Gasteiger partial charge in [-0.1, -0.05) is 12.0 Å². The minimum absolute atomic E-state index is 0.0301. The maximum absolute atomic E-state index is 13.0. The standard InChI is InChI=1S/C28H25N3O7S/c1-2-3-13-38-22-7-9-23(10-8-22)39(36,37)30-25(28(34)35)15-21-18-31(17-19-5-4-12-29-16-19)26-11-6-20(27(32)33)14-24(21)26/h4-12,14,16,18,25,30H,13,15,17H2,1H3,(H,32,33)(H,34,35). The highest BCUT2D eigenvalue weighted by Gasteiger charge is 2.27. The van der Waals surface area contributed by atoms with Gasteiger partial charge in [-0.05, 0) is 66.6 Å². The molecule has 0 saturated carbocycles. The highest BCUT2D eigenvalue weighted by Crippen LogP contribution is 2.26. The number of fused-ring (bicyclic) bond motifs is 1. The van der Waals surface area contributed by atoms with Gasteiger partial charge in [0.15, 0.2) is 0 Å². The number of carboxylic acids is 2. The summed E-state index contributed by atoms with van der Waals surface area (Å²) in [4.78, 5) is 27.7. The van der Waals surface area contributed by atoms with Crippen molar-refractivity contribution in [1.29, 1.82) is 0 Å². The molecule has 4 rings (SSSR count). The third-order valence-electron chi connectivity index (χ3n) is 5.93. The van der Waals surface area contributed by atoms with Gasteiger partial charge in [0, 0.05) is 42.5 Å². The quantitative estimate of drug-likeness (QED) is 0.243. The molecule has 0 radical (unpaired) electrons. The molecule has 200 valence electrons. The van der Waals surface area contributed by atoms with E-state index in [4.69, 9.17) is 4.74 Å². The predicted molar refractivity (Wildman–Crippen MR) is 143 cm³/mol. The zero-order valence-electron chi connectivity index (χ0n) is 20.9. The maximum Gasteiger partial charge on any atom is 0.335 e. The molecule has 0 fully saturated rings. The summed E-state index contributed by atoms with van der Waals surface area (Å²) in [5.41, 5.74) is 2.07. The van der Waals surface area contributed by atoms with Crippen molar-refractivity contribution in [2.24, 2.45) is 0 Å². The molecule has 10 nitrogen and oxygen atoms in total. The molecule has 0 bridgehead atoms. The highest BCUT2D eigenvalue weighted by molar-refractivity contribution is 7.89. The first kappa shape index (κ1) is 27.4. The van der Waals surface area contributed by atoms with Gasteiger partial charge in [-0.25, -0.2) is 13.2 Å². The predicted octanol–water partition coefficient (Wildman–Crippen LogP) is 3.16. The van der Waals surface area contributed by atoms with E-state index < -0.39 is 28.0 Å². The van der Waals surface area contributed by atoms with E-state index in [9.17, 15) is 28.2 Å². The van der Waals surface area contributed by atoms with Crippen LogP contribution in [0.1, 0.15) is 28.4 Å². The first-order chi connectivity index (χ1) is 18.7. The zero-order chi connectivity index (χ0) is 28.0. The van der Waals surface area contributed by atoms with E-state index >= 15 is 0 Å². The molecule has 0 spiro atoms. The smallest absolute Gasteiger partial charge is 0.335 e. The topological polar surface area (TPSA) is 148 Å². The Hall–Kier alpha value is -4.66. The maximum atomic E-state index is 13.0. The molecule has 2 heterocycles. The van der Waals surface area contributed by atoms with Crippen LogP contribution in [0.5, 0.6) is 5.75 Å². The Morgan fingerprint density at radius 1 is 1.13 bits per heavy atom. The number of carboxylic acid groups (broad SMARTS) is 2. The van der Waals surface area contributed by atoms with E-state index in [2.05, 4.69) is 21.5 Å². The molecule has 0 aliphatic rings. The Kier molecular flexibility index (Phi) is 8.29. The normalized spacial score (nSPS) is 11.9. The van der Waals surface area contributed by atoms with Crippen molar-refractivity contribution in [3.8, 4) is 17.6 Å². The van der Waals surface area contributed by atoms with Gasteiger partial charge in [0.25, 0.3) is 0 Å². The molecule has 0 amide bonds. The van der Waals surface area contributed by atoms with Crippen LogP contribution < -0.4 is 9.46 Å². The van der Waals surface area contributed by atoms with Gasteiger partial charge >= 0.3 is 11.9 Å². The molecule has 0 aliphatic carbocycles. The van der Waals surface area contributed by atoms with Crippen LogP contribution in [0.15, 0.2) is 78.1 Å². The summed E-state index contributed by atoms with van der Waals surface area (Å²) in [6, 6.07) is 12.3. The van der Waals surface area contributed by atoms with E-state index in [0.717, 1.165) is 5.56 Å². The molecule has 3 N–H and O–H groups in total. The van der Waals surface area contributed by atoms with Crippen LogP contribution in [-0.2, 0) is 27.8 Å². The molecule has 4 aromatic rings. The largest absolute Gasteiger partial charge is 0.481 e. The number of carbonyl (C=O) groups is 2. The molecule has 2 aromatic heterocycles. The lowest BCUT2D eigenvalue weighted by atomic mass is 10.0. The number of benzene rings is 2. The van der Waals surface area contributed by atoms with Crippen molar-refractivity contribution in [1.82, 2.24) is 14.3 Å². The van der Waals surface area contributed by atoms with Gasteiger partial charge in [0.2, 0.25) is 10.0 Å². The van der Waals surface area contributed by atoms with Crippen molar-refractivity contribution in [2.45, 2.75) is 30.8 Å².